The van der Waals surface area contributed by atoms with Gasteiger partial charge in [-0.15, -0.1) is 0 Å². The molecule has 0 aliphatic carbocycles. The first-order chi connectivity index (χ1) is 7.29. The van der Waals surface area contributed by atoms with E-state index in [4.69, 9.17) is 5.11 Å². The molecule has 1 aromatic heterocycles. The van der Waals surface area contributed by atoms with Crippen molar-refractivity contribution < 1.29 is 5.11 Å². The van der Waals surface area contributed by atoms with E-state index in [-0.39, 0.29) is 6.61 Å². The summed E-state index contributed by atoms with van der Waals surface area (Å²) in [4.78, 5) is 6.77. The standard InChI is InChI=1S/C12H18N2O/c1-10-7-11(9-15)13-12(8-10)14-5-3-2-4-6-14/h7-8,15H,2-6,9H2,1H3. The van der Waals surface area contributed by atoms with Crippen LogP contribution in [-0.4, -0.2) is 23.2 Å². The molecule has 0 saturated carbocycles. The maximum absolute atomic E-state index is 9.10. The van der Waals surface area contributed by atoms with Crippen LogP contribution < -0.4 is 4.90 Å². The van der Waals surface area contributed by atoms with Gasteiger partial charge in [0.05, 0.1) is 12.3 Å². The molecule has 0 spiro atoms. The van der Waals surface area contributed by atoms with Gasteiger partial charge in [0.2, 0.25) is 0 Å². The van der Waals surface area contributed by atoms with Crippen LogP contribution in [0.5, 0.6) is 0 Å². The SMILES string of the molecule is Cc1cc(CO)nc(N2CCCCC2)c1. The molecule has 1 N–H and O–H groups in total. The van der Waals surface area contributed by atoms with E-state index in [1.807, 2.05) is 13.0 Å². The Morgan fingerprint density at radius 1 is 1.27 bits per heavy atom. The molecule has 0 amide bonds. The molecular weight excluding hydrogens is 188 g/mol. The lowest BCUT2D eigenvalue weighted by Gasteiger charge is -2.28. The lowest BCUT2D eigenvalue weighted by atomic mass is 10.1. The van der Waals surface area contributed by atoms with E-state index in [1.165, 1.54) is 24.8 Å². The Hall–Kier alpha value is -1.09. The number of aryl methyl sites for hydroxylation is 1. The Labute approximate surface area is 90.8 Å². The molecule has 1 aromatic rings. The third kappa shape index (κ3) is 2.48. The van der Waals surface area contributed by atoms with Gasteiger partial charge in [-0.1, -0.05) is 0 Å². The maximum atomic E-state index is 9.10. The van der Waals surface area contributed by atoms with Crippen molar-refractivity contribution in [3.8, 4) is 0 Å². The second-order valence-electron chi connectivity index (χ2n) is 4.20. The van der Waals surface area contributed by atoms with Crippen LogP contribution in [0.15, 0.2) is 12.1 Å². The highest BCUT2D eigenvalue weighted by Gasteiger charge is 2.12. The van der Waals surface area contributed by atoms with Crippen LogP contribution in [0, 0.1) is 6.92 Å². The molecule has 0 aromatic carbocycles. The number of hydrogen-bond acceptors (Lipinski definition) is 3. The van der Waals surface area contributed by atoms with E-state index in [0.29, 0.717) is 0 Å². The van der Waals surface area contributed by atoms with E-state index in [9.17, 15) is 0 Å². The molecule has 0 radical (unpaired) electrons. The van der Waals surface area contributed by atoms with Gasteiger partial charge in [0.1, 0.15) is 5.82 Å². The number of pyridine rings is 1. The minimum absolute atomic E-state index is 0.0303. The summed E-state index contributed by atoms with van der Waals surface area (Å²) in [5.41, 5.74) is 1.95. The van der Waals surface area contributed by atoms with Gasteiger partial charge >= 0.3 is 0 Å². The Bertz CT molecular complexity index is 332. The highest BCUT2D eigenvalue weighted by atomic mass is 16.3. The molecule has 82 valence electrons. The Morgan fingerprint density at radius 3 is 2.67 bits per heavy atom. The van der Waals surface area contributed by atoms with Crippen molar-refractivity contribution in [2.75, 3.05) is 18.0 Å². The fourth-order valence-electron chi connectivity index (χ4n) is 2.09. The average molecular weight is 206 g/mol. The fourth-order valence-corrected chi connectivity index (χ4v) is 2.09. The molecule has 3 nitrogen and oxygen atoms in total. The molecule has 15 heavy (non-hydrogen) atoms. The van der Waals surface area contributed by atoms with Gasteiger partial charge in [0, 0.05) is 13.1 Å². The monoisotopic (exact) mass is 206 g/mol. The van der Waals surface area contributed by atoms with Gasteiger partial charge in [-0.3, -0.25) is 0 Å². The number of piperidine rings is 1. The Morgan fingerprint density at radius 2 is 2.00 bits per heavy atom. The van der Waals surface area contributed by atoms with E-state index in [2.05, 4.69) is 16.0 Å². The molecule has 0 atom stereocenters. The number of rotatable bonds is 2. The molecular formula is C12H18N2O. The van der Waals surface area contributed by atoms with Crippen molar-refractivity contribution in [2.45, 2.75) is 32.8 Å². The van der Waals surface area contributed by atoms with Crippen molar-refractivity contribution in [1.29, 1.82) is 0 Å². The van der Waals surface area contributed by atoms with Crippen molar-refractivity contribution in [3.63, 3.8) is 0 Å². The predicted octanol–water partition coefficient (Wildman–Crippen LogP) is 1.87. The first-order valence-electron chi connectivity index (χ1n) is 5.63. The maximum Gasteiger partial charge on any atom is 0.129 e. The second-order valence-corrected chi connectivity index (χ2v) is 4.20. The van der Waals surface area contributed by atoms with Crippen molar-refractivity contribution >= 4 is 5.82 Å². The van der Waals surface area contributed by atoms with E-state index >= 15 is 0 Å². The smallest absolute Gasteiger partial charge is 0.129 e. The van der Waals surface area contributed by atoms with E-state index in [0.717, 1.165) is 24.6 Å². The van der Waals surface area contributed by atoms with Gasteiger partial charge < -0.3 is 10.0 Å². The highest BCUT2D eigenvalue weighted by Crippen LogP contribution is 2.19. The number of anilines is 1. The summed E-state index contributed by atoms with van der Waals surface area (Å²) in [6.07, 6.45) is 3.84. The van der Waals surface area contributed by atoms with Crippen molar-refractivity contribution in [3.05, 3.63) is 23.4 Å². The minimum atomic E-state index is 0.0303. The fraction of sp³-hybridized carbons (Fsp3) is 0.583. The first-order valence-corrected chi connectivity index (χ1v) is 5.63. The molecule has 1 fully saturated rings. The summed E-state index contributed by atoms with van der Waals surface area (Å²) in [5.74, 6) is 1.03. The third-order valence-electron chi connectivity index (χ3n) is 2.85. The summed E-state index contributed by atoms with van der Waals surface area (Å²) in [5, 5.41) is 9.10. The van der Waals surface area contributed by atoms with Crippen LogP contribution in [0.4, 0.5) is 5.82 Å². The number of hydrogen-bond donors (Lipinski definition) is 1. The number of aliphatic hydroxyl groups excluding tert-OH is 1. The summed E-state index contributed by atoms with van der Waals surface area (Å²) in [6, 6.07) is 4.04. The quantitative estimate of drug-likeness (QED) is 0.802. The summed E-state index contributed by atoms with van der Waals surface area (Å²) in [7, 11) is 0. The van der Waals surface area contributed by atoms with Gasteiger partial charge in [0.15, 0.2) is 0 Å². The molecule has 0 bridgehead atoms. The van der Waals surface area contributed by atoms with Crippen molar-refractivity contribution in [2.24, 2.45) is 0 Å². The van der Waals surface area contributed by atoms with Crippen LogP contribution in [0.25, 0.3) is 0 Å². The predicted molar refractivity (Wildman–Crippen MR) is 61.0 cm³/mol. The van der Waals surface area contributed by atoms with Crippen LogP contribution in [0.2, 0.25) is 0 Å². The largest absolute Gasteiger partial charge is 0.390 e. The van der Waals surface area contributed by atoms with E-state index < -0.39 is 0 Å². The van der Waals surface area contributed by atoms with Gasteiger partial charge in [-0.25, -0.2) is 4.98 Å². The lowest BCUT2D eigenvalue weighted by molar-refractivity contribution is 0.277. The third-order valence-corrected chi connectivity index (χ3v) is 2.85. The summed E-state index contributed by atoms with van der Waals surface area (Å²) in [6.45, 7) is 4.28. The van der Waals surface area contributed by atoms with Crippen LogP contribution in [0.3, 0.4) is 0 Å². The summed E-state index contributed by atoms with van der Waals surface area (Å²) < 4.78 is 0. The summed E-state index contributed by atoms with van der Waals surface area (Å²) >= 11 is 0. The van der Waals surface area contributed by atoms with Gasteiger partial charge in [0.25, 0.3) is 0 Å². The molecule has 1 aliphatic rings. The normalized spacial score (nSPS) is 16.8. The van der Waals surface area contributed by atoms with Crippen LogP contribution in [-0.2, 0) is 6.61 Å². The molecule has 0 unspecified atom stereocenters. The zero-order valence-corrected chi connectivity index (χ0v) is 9.24. The zero-order valence-electron chi connectivity index (χ0n) is 9.24. The minimum Gasteiger partial charge on any atom is -0.390 e. The Balaban J connectivity index is 2.22. The number of aliphatic hydroxyl groups is 1. The van der Waals surface area contributed by atoms with Crippen molar-refractivity contribution in [1.82, 2.24) is 4.98 Å². The molecule has 1 aliphatic heterocycles. The van der Waals surface area contributed by atoms with Crippen LogP contribution in [0.1, 0.15) is 30.5 Å². The molecule has 1 saturated heterocycles. The Kier molecular flexibility index (Phi) is 3.21. The average Bonchev–Trinajstić information content (AvgIpc) is 2.29. The number of aromatic nitrogens is 1. The lowest BCUT2D eigenvalue weighted by Crippen LogP contribution is -2.30. The van der Waals surface area contributed by atoms with E-state index in [1.54, 1.807) is 0 Å². The topological polar surface area (TPSA) is 36.4 Å². The molecule has 2 heterocycles. The van der Waals surface area contributed by atoms with Gasteiger partial charge in [-0.2, -0.15) is 0 Å². The molecule has 3 heteroatoms. The first kappa shape index (κ1) is 10.4. The highest BCUT2D eigenvalue weighted by molar-refractivity contribution is 5.42. The molecule has 2 rings (SSSR count). The van der Waals surface area contributed by atoms with Crippen LogP contribution >= 0.6 is 0 Å². The van der Waals surface area contributed by atoms with Gasteiger partial charge in [-0.05, 0) is 43.9 Å². The second kappa shape index (κ2) is 4.62. The zero-order chi connectivity index (χ0) is 10.7. The number of nitrogens with zero attached hydrogens (tertiary/aromatic N) is 2.